The fraction of sp³-hybridized carbons (Fsp3) is 0.333. The zero-order chi connectivity index (χ0) is 27.6. The molecule has 0 saturated heterocycles. The van der Waals surface area contributed by atoms with E-state index in [0.717, 1.165) is 46.8 Å². The fourth-order valence-electron chi connectivity index (χ4n) is 4.63. The van der Waals surface area contributed by atoms with Crippen LogP contribution in [0.2, 0.25) is 10.0 Å². The van der Waals surface area contributed by atoms with Crippen molar-refractivity contribution in [1.29, 1.82) is 0 Å². The maximum atomic E-state index is 12.7. The van der Waals surface area contributed by atoms with E-state index in [1.807, 2.05) is 12.1 Å². The Bertz CT molecular complexity index is 1460. The Hall–Kier alpha value is -3.12. The van der Waals surface area contributed by atoms with Gasteiger partial charge in [0.2, 0.25) is 5.13 Å². The van der Waals surface area contributed by atoms with Crippen LogP contribution in [0.1, 0.15) is 39.0 Å². The third kappa shape index (κ3) is 6.27. The number of benzene rings is 2. The first-order valence-electron chi connectivity index (χ1n) is 12.8. The zero-order valence-electron chi connectivity index (χ0n) is 21.1. The molecule has 0 radical (unpaired) electrons. The number of rotatable bonds is 10. The van der Waals surface area contributed by atoms with Gasteiger partial charge in [-0.25, -0.2) is 0 Å². The number of aryl methyl sites for hydroxylation is 2. The highest BCUT2D eigenvalue weighted by atomic mass is 35.5. The lowest BCUT2D eigenvalue weighted by Gasteiger charge is -2.08. The van der Waals surface area contributed by atoms with Gasteiger partial charge in [0.05, 0.1) is 6.42 Å². The number of Topliss-reactive ketones (excluding diaryl/α,β-unsaturated/α-hetero) is 1. The summed E-state index contributed by atoms with van der Waals surface area (Å²) in [5.41, 5.74) is 1.87. The summed E-state index contributed by atoms with van der Waals surface area (Å²) in [5.74, 6) is 1.12. The lowest BCUT2D eigenvalue weighted by Crippen LogP contribution is -2.31. The van der Waals surface area contributed by atoms with Crippen molar-refractivity contribution in [2.75, 3.05) is 5.32 Å². The number of anilines is 1. The van der Waals surface area contributed by atoms with Crippen molar-refractivity contribution < 1.29 is 19.1 Å². The molecule has 0 saturated carbocycles. The Morgan fingerprint density at radius 1 is 0.800 bits per heavy atom. The molecule has 2 aliphatic heterocycles. The molecule has 0 aliphatic carbocycles. The van der Waals surface area contributed by atoms with Crippen LogP contribution in [0.15, 0.2) is 36.4 Å². The summed E-state index contributed by atoms with van der Waals surface area (Å²) in [6, 6.07) is 10.7. The molecule has 6 rings (SSSR count). The van der Waals surface area contributed by atoms with E-state index in [9.17, 15) is 9.59 Å². The minimum Gasteiger partial charge on any atom is -0.482 e. The second kappa shape index (κ2) is 11.8. The SMILES string of the molecule is O=C(Cc1nnc(CCCCc2nnc(NC(=O)C3Cc4cc(Cl)ccc4O3)s2)s1)C1Cc2cc(Cl)ccc2O1. The summed E-state index contributed by atoms with van der Waals surface area (Å²) in [4.78, 5) is 25.4. The van der Waals surface area contributed by atoms with Crippen LogP contribution in [0.4, 0.5) is 5.13 Å². The number of ketones is 1. The van der Waals surface area contributed by atoms with E-state index in [1.165, 1.54) is 22.7 Å². The highest BCUT2D eigenvalue weighted by Gasteiger charge is 2.31. The van der Waals surface area contributed by atoms with Crippen LogP contribution in [0.3, 0.4) is 0 Å². The van der Waals surface area contributed by atoms with E-state index in [-0.39, 0.29) is 18.1 Å². The Labute approximate surface area is 247 Å². The number of unbranched alkanes of at least 4 members (excludes halogenated alkanes) is 1. The van der Waals surface area contributed by atoms with Crippen LogP contribution in [0, 0.1) is 0 Å². The molecule has 4 aromatic rings. The lowest BCUT2D eigenvalue weighted by atomic mass is 10.1. The molecule has 206 valence electrons. The number of amides is 1. The van der Waals surface area contributed by atoms with Crippen molar-refractivity contribution >= 4 is 62.7 Å². The van der Waals surface area contributed by atoms with Crippen molar-refractivity contribution in [1.82, 2.24) is 20.4 Å². The van der Waals surface area contributed by atoms with E-state index >= 15 is 0 Å². The molecule has 1 amide bonds. The number of hydrogen-bond acceptors (Lipinski definition) is 10. The Morgan fingerprint density at radius 2 is 1.38 bits per heavy atom. The molecule has 2 aliphatic rings. The van der Waals surface area contributed by atoms with Crippen LogP contribution in [0.25, 0.3) is 0 Å². The van der Waals surface area contributed by atoms with E-state index in [0.29, 0.717) is 44.5 Å². The minimum absolute atomic E-state index is 0.0115. The van der Waals surface area contributed by atoms with Crippen molar-refractivity contribution in [3.63, 3.8) is 0 Å². The Kier molecular flexibility index (Phi) is 7.97. The van der Waals surface area contributed by atoms with Gasteiger partial charge < -0.3 is 9.47 Å². The van der Waals surface area contributed by atoms with Gasteiger partial charge in [-0.15, -0.1) is 31.7 Å². The van der Waals surface area contributed by atoms with E-state index in [1.54, 1.807) is 24.3 Å². The second-order valence-electron chi connectivity index (χ2n) is 9.56. The summed E-state index contributed by atoms with van der Waals surface area (Å²) < 4.78 is 11.5. The summed E-state index contributed by atoms with van der Waals surface area (Å²) in [6.07, 6.45) is 3.35. The van der Waals surface area contributed by atoms with Crippen LogP contribution in [-0.4, -0.2) is 44.3 Å². The zero-order valence-corrected chi connectivity index (χ0v) is 24.2. The van der Waals surface area contributed by atoms with Gasteiger partial charge >= 0.3 is 0 Å². The molecule has 2 aromatic heterocycles. The molecule has 2 aromatic carbocycles. The normalized spacial score (nSPS) is 17.1. The number of aromatic nitrogens is 4. The number of hydrogen-bond donors (Lipinski definition) is 1. The quantitative estimate of drug-likeness (QED) is 0.238. The number of fused-ring (bicyclic) bond motifs is 2. The van der Waals surface area contributed by atoms with Crippen LogP contribution < -0.4 is 14.8 Å². The standard InChI is InChI=1S/C27H23Cl2N5O4S2/c28-16-5-7-19-14(9-16)11-21(37-19)18(35)13-25-33-31-23(39-25)3-1-2-4-24-32-34-27(40-24)30-26(36)22-12-15-10-17(29)6-8-20(15)38-22/h5-10,21-22H,1-4,11-13H2,(H,30,34,36). The van der Waals surface area contributed by atoms with Crippen LogP contribution >= 0.6 is 45.9 Å². The molecule has 40 heavy (non-hydrogen) atoms. The monoisotopic (exact) mass is 615 g/mol. The topological polar surface area (TPSA) is 116 Å². The molecule has 2 unspecified atom stereocenters. The number of carbonyl (C=O) groups is 2. The Morgan fingerprint density at radius 3 is 2.08 bits per heavy atom. The number of carbonyl (C=O) groups excluding carboxylic acids is 2. The first-order chi connectivity index (χ1) is 19.4. The van der Waals surface area contributed by atoms with Crippen LogP contribution in [0.5, 0.6) is 11.5 Å². The highest BCUT2D eigenvalue weighted by Crippen LogP contribution is 2.33. The van der Waals surface area contributed by atoms with Crippen molar-refractivity contribution in [3.8, 4) is 11.5 Å². The van der Waals surface area contributed by atoms with E-state index < -0.39 is 12.2 Å². The molecule has 0 bridgehead atoms. The molecular weight excluding hydrogens is 593 g/mol. The van der Waals surface area contributed by atoms with Crippen molar-refractivity contribution in [3.05, 3.63) is 72.6 Å². The molecule has 9 nitrogen and oxygen atoms in total. The average Bonchev–Trinajstić information content (AvgIpc) is 3.72. The summed E-state index contributed by atoms with van der Waals surface area (Å²) >= 11 is 14.9. The fourth-order valence-corrected chi connectivity index (χ4v) is 6.70. The summed E-state index contributed by atoms with van der Waals surface area (Å²) in [7, 11) is 0. The predicted molar refractivity (Wildman–Crippen MR) is 153 cm³/mol. The maximum absolute atomic E-state index is 12.7. The van der Waals surface area contributed by atoms with Gasteiger partial charge in [0.25, 0.3) is 5.91 Å². The summed E-state index contributed by atoms with van der Waals surface area (Å²) in [5, 5.41) is 23.7. The van der Waals surface area contributed by atoms with E-state index in [2.05, 4.69) is 25.7 Å². The van der Waals surface area contributed by atoms with Gasteiger partial charge in [-0.05, 0) is 60.4 Å². The van der Waals surface area contributed by atoms with Gasteiger partial charge in [-0.3, -0.25) is 14.9 Å². The largest absolute Gasteiger partial charge is 0.482 e. The minimum atomic E-state index is -0.617. The maximum Gasteiger partial charge on any atom is 0.267 e. The molecule has 1 N–H and O–H groups in total. The highest BCUT2D eigenvalue weighted by molar-refractivity contribution is 7.15. The molecule has 2 atom stereocenters. The second-order valence-corrected chi connectivity index (χ2v) is 12.6. The predicted octanol–water partition coefficient (Wildman–Crippen LogP) is 5.32. The number of nitrogens with one attached hydrogen (secondary N) is 1. The van der Waals surface area contributed by atoms with Crippen LogP contribution in [-0.2, 0) is 41.7 Å². The van der Waals surface area contributed by atoms with Gasteiger partial charge in [0.1, 0.15) is 26.5 Å². The average molecular weight is 617 g/mol. The molecule has 0 spiro atoms. The smallest absolute Gasteiger partial charge is 0.267 e. The van der Waals surface area contributed by atoms with Crippen molar-refractivity contribution in [2.45, 2.75) is 57.2 Å². The third-order valence-electron chi connectivity index (χ3n) is 6.61. The van der Waals surface area contributed by atoms with Gasteiger partial charge in [-0.1, -0.05) is 34.5 Å². The third-order valence-corrected chi connectivity index (χ3v) is 8.96. The number of ether oxygens (including phenoxy) is 2. The molecule has 13 heteroatoms. The Balaban J connectivity index is 0.914. The molecule has 4 heterocycles. The number of nitrogens with zero attached hydrogens (tertiary/aromatic N) is 4. The molecular formula is C27H23Cl2N5O4S2. The van der Waals surface area contributed by atoms with E-state index in [4.69, 9.17) is 32.7 Å². The molecule has 0 fully saturated rings. The summed E-state index contributed by atoms with van der Waals surface area (Å²) in [6.45, 7) is 0. The van der Waals surface area contributed by atoms with Crippen molar-refractivity contribution in [2.24, 2.45) is 0 Å². The van der Waals surface area contributed by atoms with Gasteiger partial charge in [0.15, 0.2) is 18.0 Å². The van der Waals surface area contributed by atoms with Gasteiger partial charge in [-0.2, -0.15) is 0 Å². The first-order valence-corrected chi connectivity index (χ1v) is 15.2. The number of halogens is 2. The lowest BCUT2D eigenvalue weighted by molar-refractivity contribution is -0.124. The van der Waals surface area contributed by atoms with Gasteiger partial charge in [0, 0.05) is 35.7 Å². The first kappa shape index (κ1) is 27.1.